The highest BCUT2D eigenvalue weighted by Crippen LogP contribution is 2.20. The molecule has 2 aromatic rings. The highest BCUT2D eigenvalue weighted by atomic mass is 35.5. The maximum atomic E-state index is 11.8. The maximum Gasteiger partial charge on any atom is 0.250 e. The monoisotopic (exact) mass is 346 g/mol. The number of hydrogen-bond acceptors (Lipinski definition) is 3. The molecule has 0 spiro atoms. The smallest absolute Gasteiger partial charge is 0.250 e. The molecule has 0 saturated carbocycles. The Hall–Kier alpha value is -1.78. The molecule has 1 N–H and O–H groups in total. The van der Waals surface area contributed by atoms with Crippen molar-refractivity contribution in [2.24, 2.45) is 5.10 Å². The van der Waals surface area contributed by atoms with Crippen molar-refractivity contribution in [3.05, 3.63) is 63.7 Å². The molecular weight excluding hydrogens is 328 g/mol. The zero-order valence-electron chi connectivity index (χ0n) is 13.4. The summed E-state index contributed by atoms with van der Waals surface area (Å²) in [5, 5.41) is 4.75. The minimum atomic E-state index is -0.136. The number of hydrogen-bond donors (Lipinski definition) is 1. The first-order valence-corrected chi connectivity index (χ1v) is 8.60. The third-order valence-corrected chi connectivity index (χ3v) is 4.57. The van der Waals surface area contributed by atoms with Gasteiger partial charge in [0, 0.05) is 15.5 Å². The summed E-state index contributed by atoms with van der Waals surface area (Å²) in [5.41, 5.74) is 7.13. The van der Waals surface area contributed by atoms with E-state index in [1.54, 1.807) is 6.21 Å². The minimum absolute atomic E-state index is 0.136. The lowest BCUT2D eigenvalue weighted by atomic mass is 10.0. The number of carbonyl (C=O) groups is 1. The van der Waals surface area contributed by atoms with Crippen molar-refractivity contribution in [2.75, 3.05) is 5.75 Å². The summed E-state index contributed by atoms with van der Waals surface area (Å²) in [7, 11) is 0. The van der Waals surface area contributed by atoms with E-state index < -0.39 is 0 Å². The van der Waals surface area contributed by atoms with Gasteiger partial charge in [-0.05, 0) is 56.2 Å². The Bertz CT molecular complexity index is 703. The molecule has 23 heavy (non-hydrogen) atoms. The second-order valence-corrected chi connectivity index (χ2v) is 6.83. The van der Waals surface area contributed by atoms with Gasteiger partial charge in [-0.15, -0.1) is 11.8 Å². The largest absolute Gasteiger partial charge is 0.272 e. The van der Waals surface area contributed by atoms with Crippen LogP contribution in [0.15, 0.2) is 46.4 Å². The Morgan fingerprint density at radius 2 is 1.78 bits per heavy atom. The van der Waals surface area contributed by atoms with Crippen molar-refractivity contribution in [3.8, 4) is 0 Å². The minimum Gasteiger partial charge on any atom is -0.272 e. The Morgan fingerprint density at radius 1 is 1.17 bits per heavy atom. The number of halogens is 1. The first kappa shape index (κ1) is 17.6. The van der Waals surface area contributed by atoms with Gasteiger partial charge < -0.3 is 0 Å². The maximum absolute atomic E-state index is 11.8. The van der Waals surface area contributed by atoms with Crippen molar-refractivity contribution in [1.82, 2.24) is 5.43 Å². The lowest BCUT2D eigenvalue weighted by molar-refractivity contribution is -0.118. The second-order valence-electron chi connectivity index (χ2n) is 5.35. The topological polar surface area (TPSA) is 41.5 Å². The van der Waals surface area contributed by atoms with Crippen LogP contribution in [0.1, 0.15) is 22.3 Å². The molecule has 0 radical (unpaired) electrons. The van der Waals surface area contributed by atoms with Gasteiger partial charge in [0.05, 0.1) is 12.0 Å². The number of aryl methyl sites for hydroxylation is 3. The van der Waals surface area contributed by atoms with Gasteiger partial charge in [0.1, 0.15) is 0 Å². The fourth-order valence-electron chi connectivity index (χ4n) is 2.28. The predicted octanol–water partition coefficient (Wildman–Crippen LogP) is 4.51. The SMILES string of the molecule is Cc1cc(C)c(/C=N/NC(=O)CSc2ccc(Cl)cc2)c(C)c1. The molecule has 2 rings (SSSR count). The summed E-state index contributed by atoms with van der Waals surface area (Å²) in [6.45, 7) is 6.15. The Morgan fingerprint density at radius 3 is 2.39 bits per heavy atom. The summed E-state index contributed by atoms with van der Waals surface area (Å²) in [6, 6.07) is 11.6. The van der Waals surface area contributed by atoms with Crippen LogP contribution in [-0.4, -0.2) is 17.9 Å². The van der Waals surface area contributed by atoms with Crippen LogP contribution in [0.25, 0.3) is 0 Å². The van der Waals surface area contributed by atoms with E-state index in [-0.39, 0.29) is 5.91 Å². The van der Waals surface area contributed by atoms with E-state index in [4.69, 9.17) is 11.6 Å². The average molecular weight is 347 g/mol. The summed E-state index contributed by atoms with van der Waals surface area (Å²) < 4.78 is 0. The molecule has 2 aromatic carbocycles. The number of thioether (sulfide) groups is 1. The molecule has 0 fully saturated rings. The van der Waals surface area contributed by atoms with E-state index in [1.165, 1.54) is 17.3 Å². The fourth-order valence-corrected chi connectivity index (χ4v) is 3.09. The molecule has 0 unspecified atom stereocenters. The van der Waals surface area contributed by atoms with Crippen molar-refractivity contribution in [2.45, 2.75) is 25.7 Å². The quantitative estimate of drug-likeness (QED) is 0.491. The zero-order chi connectivity index (χ0) is 16.8. The molecule has 1 amide bonds. The van der Waals surface area contributed by atoms with Gasteiger partial charge in [0.25, 0.3) is 0 Å². The molecule has 3 nitrogen and oxygen atoms in total. The van der Waals surface area contributed by atoms with E-state index in [0.717, 1.165) is 21.6 Å². The van der Waals surface area contributed by atoms with Crippen molar-refractivity contribution in [1.29, 1.82) is 0 Å². The number of benzene rings is 2. The number of nitrogens with zero attached hydrogens (tertiary/aromatic N) is 1. The molecule has 0 aliphatic heterocycles. The van der Waals surface area contributed by atoms with Crippen molar-refractivity contribution >= 4 is 35.5 Å². The zero-order valence-corrected chi connectivity index (χ0v) is 15.0. The molecule has 0 atom stereocenters. The summed E-state index contributed by atoms with van der Waals surface area (Å²) in [6.07, 6.45) is 1.70. The molecule has 0 aliphatic carbocycles. The number of hydrazone groups is 1. The van der Waals surface area contributed by atoms with Crippen LogP contribution in [0.3, 0.4) is 0 Å². The molecule has 5 heteroatoms. The van der Waals surface area contributed by atoms with Crippen LogP contribution in [-0.2, 0) is 4.79 Å². The standard InChI is InChI=1S/C18H19ClN2OS/c1-12-8-13(2)17(14(3)9-12)10-20-21-18(22)11-23-16-6-4-15(19)5-7-16/h4-10H,11H2,1-3H3,(H,21,22)/b20-10+. The molecule has 0 aliphatic rings. The van der Waals surface area contributed by atoms with Gasteiger partial charge in [-0.25, -0.2) is 5.43 Å². The third-order valence-electron chi connectivity index (χ3n) is 3.30. The lowest BCUT2D eigenvalue weighted by Gasteiger charge is -2.06. The van der Waals surface area contributed by atoms with Gasteiger partial charge in [-0.2, -0.15) is 5.10 Å². The third kappa shape index (κ3) is 5.41. The van der Waals surface area contributed by atoms with Gasteiger partial charge in [0.15, 0.2) is 0 Å². The van der Waals surface area contributed by atoms with E-state index in [9.17, 15) is 4.79 Å². The molecule has 120 valence electrons. The van der Waals surface area contributed by atoms with Crippen LogP contribution in [0.5, 0.6) is 0 Å². The van der Waals surface area contributed by atoms with E-state index >= 15 is 0 Å². The second kappa shape index (κ2) is 8.18. The highest BCUT2D eigenvalue weighted by molar-refractivity contribution is 8.00. The Balaban J connectivity index is 1.88. The Kier molecular flexibility index (Phi) is 6.25. The van der Waals surface area contributed by atoms with E-state index in [1.807, 2.05) is 38.1 Å². The van der Waals surface area contributed by atoms with Crippen LogP contribution in [0.2, 0.25) is 5.02 Å². The number of amides is 1. The van der Waals surface area contributed by atoms with Crippen LogP contribution in [0, 0.1) is 20.8 Å². The number of nitrogens with one attached hydrogen (secondary N) is 1. The molecule has 0 saturated heterocycles. The van der Waals surface area contributed by atoms with Crippen molar-refractivity contribution in [3.63, 3.8) is 0 Å². The number of rotatable bonds is 5. The summed E-state index contributed by atoms with van der Waals surface area (Å²) in [5.74, 6) is 0.175. The van der Waals surface area contributed by atoms with Crippen LogP contribution >= 0.6 is 23.4 Å². The van der Waals surface area contributed by atoms with Gasteiger partial charge in [0.2, 0.25) is 5.91 Å². The van der Waals surface area contributed by atoms with E-state index in [0.29, 0.717) is 10.8 Å². The predicted molar refractivity (Wildman–Crippen MR) is 98.6 cm³/mol. The Labute approximate surface area is 146 Å². The molecule has 0 heterocycles. The van der Waals surface area contributed by atoms with E-state index in [2.05, 4.69) is 29.6 Å². The summed E-state index contributed by atoms with van der Waals surface area (Å²) >= 11 is 7.28. The fraction of sp³-hybridized carbons (Fsp3) is 0.222. The van der Waals surface area contributed by atoms with Crippen molar-refractivity contribution < 1.29 is 4.79 Å². The molecule has 0 bridgehead atoms. The summed E-state index contributed by atoms with van der Waals surface area (Å²) in [4.78, 5) is 12.8. The molecular formula is C18H19ClN2OS. The normalized spacial score (nSPS) is 11.0. The first-order valence-electron chi connectivity index (χ1n) is 7.24. The van der Waals surface area contributed by atoms with Gasteiger partial charge in [-0.1, -0.05) is 29.3 Å². The molecule has 0 aromatic heterocycles. The first-order chi connectivity index (χ1) is 11.0. The number of carbonyl (C=O) groups excluding carboxylic acids is 1. The van der Waals surface area contributed by atoms with Crippen LogP contribution in [0.4, 0.5) is 0 Å². The lowest BCUT2D eigenvalue weighted by Crippen LogP contribution is -2.19. The van der Waals surface area contributed by atoms with Crippen LogP contribution < -0.4 is 5.43 Å². The average Bonchev–Trinajstić information content (AvgIpc) is 2.49. The highest BCUT2D eigenvalue weighted by Gasteiger charge is 2.03. The van der Waals surface area contributed by atoms with Gasteiger partial charge >= 0.3 is 0 Å². The van der Waals surface area contributed by atoms with Gasteiger partial charge in [-0.3, -0.25) is 4.79 Å².